The van der Waals surface area contributed by atoms with Gasteiger partial charge in [0.25, 0.3) is 0 Å². The van der Waals surface area contributed by atoms with Gasteiger partial charge in [-0.05, 0) is 14.1 Å². The summed E-state index contributed by atoms with van der Waals surface area (Å²) in [6, 6.07) is 0. The number of hydrogen-bond donors (Lipinski definition) is 1. The number of rotatable bonds is 5. The van der Waals surface area contributed by atoms with Crippen LogP contribution in [-0.2, 0) is 14.6 Å². The summed E-state index contributed by atoms with van der Waals surface area (Å²) < 4.78 is 21.7. The van der Waals surface area contributed by atoms with Crippen molar-refractivity contribution in [2.45, 2.75) is 0 Å². The van der Waals surface area contributed by atoms with Gasteiger partial charge in [-0.3, -0.25) is 4.79 Å². The van der Waals surface area contributed by atoms with Gasteiger partial charge in [0.05, 0.1) is 11.7 Å². The van der Waals surface area contributed by atoms with E-state index in [9.17, 15) is 13.2 Å². The van der Waals surface area contributed by atoms with Crippen LogP contribution in [0.3, 0.4) is 0 Å². The van der Waals surface area contributed by atoms with Crippen molar-refractivity contribution < 1.29 is 18.3 Å². The fourth-order valence-corrected chi connectivity index (χ4v) is 1.99. The lowest BCUT2D eigenvalue weighted by Crippen LogP contribution is -2.32. The van der Waals surface area contributed by atoms with Crippen molar-refractivity contribution in [3.05, 3.63) is 0 Å². The van der Waals surface area contributed by atoms with Gasteiger partial charge >= 0.3 is 5.97 Å². The summed E-state index contributed by atoms with van der Waals surface area (Å²) in [5.74, 6) is -2.22. The standard InChI is InChI=1S/C7H15NO4S/c1-8(2)4-6(7(9)10)5-13(3,11)12/h6H,4-5H2,1-3H3,(H,9,10). The third-order valence-corrected chi connectivity index (χ3v) is 2.45. The summed E-state index contributed by atoms with van der Waals surface area (Å²) in [4.78, 5) is 12.3. The Labute approximate surface area is 78.3 Å². The van der Waals surface area contributed by atoms with Gasteiger partial charge in [-0.1, -0.05) is 0 Å². The first-order valence-corrected chi connectivity index (χ1v) is 5.83. The number of carboxylic acids is 1. The van der Waals surface area contributed by atoms with Crippen molar-refractivity contribution in [3.8, 4) is 0 Å². The second kappa shape index (κ2) is 4.57. The van der Waals surface area contributed by atoms with Crippen LogP contribution in [0.15, 0.2) is 0 Å². The van der Waals surface area contributed by atoms with Crippen molar-refractivity contribution in [1.29, 1.82) is 0 Å². The Bertz CT molecular complexity index is 270. The topological polar surface area (TPSA) is 74.7 Å². The molecule has 0 aromatic carbocycles. The summed E-state index contributed by atoms with van der Waals surface area (Å²) >= 11 is 0. The molecular formula is C7H15NO4S. The predicted molar refractivity (Wildman–Crippen MR) is 49.4 cm³/mol. The molecule has 0 aromatic heterocycles. The highest BCUT2D eigenvalue weighted by molar-refractivity contribution is 7.90. The molecule has 1 N–H and O–H groups in total. The molecule has 0 bridgehead atoms. The summed E-state index contributed by atoms with van der Waals surface area (Å²) in [5.41, 5.74) is 0. The zero-order valence-electron chi connectivity index (χ0n) is 8.02. The molecule has 6 heteroatoms. The number of aliphatic carboxylic acids is 1. The molecule has 0 aromatic rings. The molecular weight excluding hydrogens is 194 g/mol. The zero-order valence-corrected chi connectivity index (χ0v) is 8.84. The van der Waals surface area contributed by atoms with Crippen molar-refractivity contribution in [2.24, 2.45) is 5.92 Å². The first-order chi connectivity index (χ1) is 5.72. The largest absolute Gasteiger partial charge is 0.481 e. The smallest absolute Gasteiger partial charge is 0.308 e. The second-order valence-electron chi connectivity index (χ2n) is 3.39. The van der Waals surface area contributed by atoms with Crippen LogP contribution in [0.1, 0.15) is 0 Å². The van der Waals surface area contributed by atoms with Gasteiger partial charge < -0.3 is 10.0 Å². The highest BCUT2D eigenvalue weighted by Crippen LogP contribution is 2.02. The molecule has 1 unspecified atom stereocenters. The maximum Gasteiger partial charge on any atom is 0.308 e. The van der Waals surface area contributed by atoms with E-state index in [0.29, 0.717) is 0 Å². The molecule has 1 atom stereocenters. The van der Waals surface area contributed by atoms with E-state index in [1.807, 2.05) is 0 Å². The molecule has 0 aliphatic heterocycles. The molecule has 0 saturated heterocycles. The SMILES string of the molecule is CN(C)CC(CS(C)(=O)=O)C(=O)O. The number of nitrogens with zero attached hydrogens (tertiary/aromatic N) is 1. The van der Waals surface area contributed by atoms with E-state index >= 15 is 0 Å². The minimum Gasteiger partial charge on any atom is -0.481 e. The van der Waals surface area contributed by atoms with Gasteiger partial charge in [0.1, 0.15) is 9.84 Å². The van der Waals surface area contributed by atoms with E-state index < -0.39 is 21.7 Å². The first-order valence-electron chi connectivity index (χ1n) is 3.77. The van der Waals surface area contributed by atoms with Crippen LogP contribution in [0.25, 0.3) is 0 Å². The minimum atomic E-state index is -3.22. The lowest BCUT2D eigenvalue weighted by atomic mass is 10.2. The zero-order chi connectivity index (χ0) is 10.6. The van der Waals surface area contributed by atoms with Crippen LogP contribution in [0.5, 0.6) is 0 Å². The van der Waals surface area contributed by atoms with Crippen molar-refractivity contribution >= 4 is 15.8 Å². The molecule has 0 aliphatic rings. The van der Waals surface area contributed by atoms with E-state index in [-0.39, 0.29) is 12.3 Å². The average Bonchev–Trinajstić information content (AvgIpc) is 1.81. The van der Waals surface area contributed by atoms with E-state index in [2.05, 4.69) is 0 Å². The highest BCUT2D eigenvalue weighted by Gasteiger charge is 2.22. The third-order valence-electron chi connectivity index (χ3n) is 1.44. The Balaban J connectivity index is 4.37. The Morgan fingerprint density at radius 3 is 2.15 bits per heavy atom. The summed E-state index contributed by atoms with van der Waals surface area (Å²) in [6.45, 7) is 0.238. The van der Waals surface area contributed by atoms with Gasteiger partial charge in [0.15, 0.2) is 0 Å². The second-order valence-corrected chi connectivity index (χ2v) is 5.57. The highest BCUT2D eigenvalue weighted by atomic mass is 32.2. The monoisotopic (exact) mass is 209 g/mol. The molecule has 78 valence electrons. The molecule has 5 nitrogen and oxygen atoms in total. The maximum atomic E-state index is 10.8. The third kappa shape index (κ3) is 6.53. The predicted octanol–water partition coefficient (Wildman–Crippen LogP) is -0.707. The number of sulfone groups is 1. The van der Waals surface area contributed by atoms with Crippen LogP contribution < -0.4 is 0 Å². The number of carboxylic acid groups (broad SMARTS) is 1. The molecule has 0 fully saturated rings. The quantitative estimate of drug-likeness (QED) is 0.647. The number of carbonyl (C=O) groups is 1. The fraction of sp³-hybridized carbons (Fsp3) is 0.857. The Morgan fingerprint density at radius 2 is 1.92 bits per heavy atom. The van der Waals surface area contributed by atoms with Gasteiger partial charge in [-0.25, -0.2) is 8.42 Å². The summed E-state index contributed by atoms with van der Waals surface area (Å²) in [6.07, 6.45) is 1.04. The molecule has 0 radical (unpaired) electrons. The molecule has 0 aliphatic carbocycles. The molecule has 0 rings (SSSR count). The van der Waals surface area contributed by atoms with Crippen LogP contribution >= 0.6 is 0 Å². The van der Waals surface area contributed by atoms with E-state index in [0.717, 1.165) is 6.26 Å². The lowest BCUT2D eigenvalue weighted by Gasteiger charge is -2.15. The minimum absolute atomic E-state index is 0.238. The first kappa shape index (κ1) is 12.4. The molecule has 13 heavy (non-hydrogen) atoms. The molecule has 0 amide bonds. The van der Waals surface area contributed by atoms with Gasteiger partial charge in [0.2, 0.25) is 0 Å². The van der Waals surface area contributed by atoms with E-state index in [4.69, 9.17) is 5.11 Å². The Kier molecular flexibility index (Phi) is 4.35. The molecule has 0 heterocycles. The van der Waals surface area contributed by atoms with E-state index in [1.165, 1.54) is 0 Å². The van der Waals surface area contributed by atoms with Crippen molar-refractivity contribution in [3.63, 3.8) is 0 Å². The lowest BCUT2D eigenvalue weighted by molar-refractivity contribution is -0.141. The average molecular weight is 209 g/mol. The van der Waals surface area contributed by atoms with Gasteiger partial charge in [0, 0.05) is 12.8 Å². The summed E-state index contributed by atoms with van der Waals surface area (Å²) in [7, 11) is 0.192. The fourth-order valence-electron chi connectivity index (χ4n) is 1.01. The molecule has 0 saturated carbocycles. The van der Waals surface area contributed by atoms with Crippen LogP contribution in [0.4, 0.5) is 0 Å². The Hall–Kier alpha value is -0.620. The molecule has 0 spiro atoms. The van der Waals surface area contributed by atoms with Gasteiger partial charge in [-0.2, -0.15) is 0 Å². The summed E-state index contributed by atoms with van der Waals surface area (Å²) in [5, 5.41) is 8.69. The van der Waals surface area contributed by atoms with Crippen LogP contribution in [0.2, 0.25) is 0 Å². The normalized spacial score (nSPS) is 14.5. The van der Waals surface area contributed by atoms with Crippen molar-refractivity contribution in [1.82, 2.24) is 4.90 Å². The van der Waals surface area contributed by atoms with Crippen LogP contribution in [0, 0.1) is 5.92 Å². The Morgan fingerprint density at radius 1 is 1.46 bits per heavy atom. The van der Waals surface area contributed by atoms with Crippen LogP contribution in [-0.4, -0.2) is 57.0 Å². The van der Waals surface area contributed by atoms with E-state index in [1.54, 1.807) is 19.0 Å². The number of hydrogen-bond acceptors (Lipinski definition) is 4. The van der Waals surface area contributed by atoms with Crippen molar-refractivity contribution in [2.75, 3.05) is 32.6 Å². The maximum absolute atomic E-state index is 10.8. The van der Waals surface area contributed by atoms with Gasteiger partial charge in [-0.15, -0.1) is 0 Å².